The van der Waals surface area contributed by atoms with Crippen LogP contribution < -0.4 is 15.0 Å². The zero-order valence-electron chi connectivity index (χ0n) is 31.0. The Morgan fingerprint density at radius 2 is 1.04 bits per heavy atom. The largest absolute Gasteiger partial charge is 0.464 e. The van der Waals surface area contributed by atoms with Gasteiger partial charge in [-0.2, -0.15) is 0 Å². The number of hydrogen-bond acceptors (Lipinski definition) is 4. The topological polar surface area (TPSA) is 37.6 Å². The molecule has 0 aliphatic carbocycles. The van der Waals surface area contributed by atoms with Crippen molar-refractivity contribution < 1.29 is 9.15 Å². The second-order valence-corrected chi connectivity index (χ2v) is 14.5. The molecule has 11 rings (SSSR count). The zero-order valence-corrected chi connectivity index (χ0v) is 31.0. The second kappa shape index (κ2) is 13.6. The maximum absolute atomic E-state index is 7.03. The summed E-state index contributed by atoms with van der Waals surface area (Å²) in [5.41, 5.74) is 13.8. The van der Waals surface area contributed by atoms with Gasteiger partial charge in [0, 0.05) is 27.7 Å². The van der Waals surface area contributed by atoms with Gasteiger partial charge in [-0.3, -0.25) is 0 Å². The molecule has 0 fully saturated rings. The fourth-order valence-electron chi connectivity index (χ4n) is 8.33. The Morgan fingerprint density at radius 1 is 0.456 bits per heavy atom. The molecular formula is C53H36N2O2. The minimum atomic E-state index is -0.233. The van der Waals surface area contributed by atoms with Crippen molar-refractivity contribution in [1.29, 1.82) is 0 Å². The predicted molar refractivity (Wildman–Crippen MR) is 236 cm³/mol. The van der Waals surface area contributed by atoms with Crippen molar-refractivity contribution in [1.82, 2.24) is 0 Å². The highest BCUT2D eigenvalue weighted by atomic mass is 16.5. The first-order valence-electron chi connectivity index (χ1n) is 19.4. The summed E-state index contributed by atoms with van der Waals surface area (Å²) in [5, 5.41) is 7.99. The molecule has 1 aromatic heterocycles. The molecule has 1 unspecified atom stereocenters. The predicted octanol–water partition coefficient (Wildman–Crippen LogP) is 14.7. The molecule has 4 heteroatoms. The molecule has 1 N–H and O–H groups in total. The van der Waals surface area contributed by atoms with Crippen molar-refractivity contribution >= 4 is 55.5 Å². The fraction of sp³-hybridized carbons (Fsp3) is 0.0189. The molecule has 0 spiro atoms. The van der Waals surface area contributed by atoms with Gasteiger partial charge in [0.2, 0.25) is 0 Å². The molecule has 1 aliphatic rings. The van der Waals surface area contributed by atoms with Crippen LogP contribution in [0.5, 0.6) is 5.75 Å². The summed E-state index contributed by atoms with van der Waals surface area (Å²) in [7, 11) is 0. The van der Waals surface area contributed by atoms with Crippen molar-refractivity contribution in [3.63, 3.8) is 0 Å². The van der Waals surface area contributed by atoms with Gasteiger partial charge in [-0.15, -0.1) is 0 Å². The summed E-state index contributed by atoms with van der Waals surface area (Å²) in [5.74, 6) is 0.872. The number of benzene rings is 9. The van der Waals surface area contributed by atoms with E-state index in [0.29, 0.717) is 0 Å². The first-order valence-corrected chi connectivity index (χ1v) is 19.4. The van der Waals surface area contributed by atoms with Crippen LogP contribution in [0, 0.1) is 0 Å². The number of fused-ring (bicyclic) bond motifs is 6. The minimum Gasteiger partial charge on any atom is -0.464 e. The van der Waals surface area contributed by atoms with Gasteiger partial charge in [0.15, 0.2) is 11.8 Å². The van der Waals surface area contributed by atoms with Crippen molar-refractivity contribution in [2.75, 3.05) is 10.2 Å². The quantitative estimate of drug-likeness (QED) is 0.177. The van der Waals surface area contributed by atoms with Crippen LogP contribution in [-0.2, 0) is 0 Å². The van der Waals surface area contributed by atoms with Crippen LogP contribution in [0.1, 0.15) is 11.8 Å². The average molecular weight is 733 g/mol. The molecule has 10 aromatic rings. The molecule has 1 atom stereocenters. The zero-order chi connectivity index (χ0) is 37.7. The molecule has 4 nitrogen and oxygen atoms in total. The van der Waals surface area contributed by atoms with E-state index in [-0.39, 0.29) is 6.23 Å². The summed E-state index contributed by atoms with van der Waals surface area (Å²) in [6, 6.07) is 72.8. The van der Waals surface area contributed by atoms with Crippen LogP contribution in [0.25, 0.3) is 66.1 Å². The third-order valence-electron chi connectivity index (χ3n) is 11.1. The van der Waals surface area contributed by atoms with E-state index in [0.717, 1.165) is 77.9 Å². The van der Waals surface area contributed by atoms with Gasteiger partial charge in [-0.25, -0.2) is 0 Å². The molecule has 0 bridgehead atoms. The molecule has 270 valence electrons. The van der Waals surface area contributed by atoms with E-state index in [4.69, 9.17) is 9.15 Å². The van der Waals surface area contributed by atoms with E-state index in [2.05, 4.69) is 192 Å². The lowest BCUT2D eigenvalue weighted by atomic mass is 9.95. The number of anilines is 4. The van der Waals surface area contributed by atoms with Gasteiger partial charge in [0.1, 0.15) is 11.3 Å². The van der Waals surface area contributed by atoms with Crippen LogP contribution in [0.3, 0.4) is 0 Å². The number of nitrogens with zero attached hydrogens (tertiary/aromatic N) is 1. The van der Waals surface area contributed by atoms with Crippen LogP contribution in [0.15, 0.2) is 211 Å². The molecule has 1 aliphatic heterocycles. The van der Waals surface area contributed by atoms with Crippen LogP contribution in [0.4, 0.5) is 22.7 Å². The van der Waals surface area contributed by atoms with Gasteiger partial charge < -0.3 is 19.4 Å². The highest BCUT2D eigenvalue weighted by Crippen LogP contribution is 2.48. The summed E-state index contributed by atoms with van der Waals surface area (Å²) < 4.78 is 13.3. The van der Waals surface area contributed by atoms with E-state index in [1.165, 1.54) is 22.3 Å². The normalized spacial score (nSPS) is 13.4. The number of ether oxygens (including phenoxy) is 1. The molecule has 0 saturated carbocycles. The van der Waals surface area contributed by atoms with Gasteiger partial charge in [0.25, 0.3) is 0 Å². The van der Waals surface area contributed by atoms with Crippen LogP contribution >= 0.6 is 0 Å². The summed E-state index contributed by atoms with van der Waals surface area (Å²) in [6.45, 7) is 0. The van der Waals surface area contributed by atoms with E-state index in [9.17, 15) is 0 Å². The number of nitrogens with one attached hydrogen (secondary N) is 1. The van der Waals surface area contributed by atoms with Gasteiger partial charge in [-0.05, 0) is 92.7 Å². The SMILES string of the molecule is c1ccc(-c2ccc(N(c3ccc(-c4ccccc4)cc3)c3cc4ccccc4c4c3oc3cccc(-c5ccc(C6Nc7ccccc7O6)cc5)c34)cc2)cc1. The molecule has 2 heterocycles. The Labute approximate surface area is 330 Å². The standard InChI is InChI=1S/C53H36N2O2/c1-3-12-35(13-4-1)37-26-30-42(31-27-37)55(43-32-28-38(29-33-43)36-14-5-2-6-15-36)47-34-41-16-7-8-17-45(41)51-50-44(18-11-21-49(50)56-52(47)51)39-22-24-40(25-23-39)53-54-46-19-9-10-20-48(46)57-53/h1-34,53-54H. The molecular weight excluding hydrogens is 697 g/mol. The Balaban J connectivity index is 1.08. The molecule has 0 saturated heterocycles. The number of furan rings is 1. The number of rotatable bonds is 7. The maximum atomic E-state index is 7.03. The molecule has 57 heavy (non-hydrogen) atoms. The number of para-hydroxylation sites is 2. The van der Waals surface area contributed by atoms with Gasteiger partial charge >= 0.3 is 0 Å². The Hall–Kier alpha value is -7.56. The smallest absolute Gasteiger partial charge is 0.196 e. The minimum absolute atomic E-state index is 0.233. The summed E-state index contributed by atoms with van der Waals surface area (Å²) in [6.07, 6.45) is -0.233. The molecule has 0 radical (unpaired) electrons. The van der Waals surface area contributed by atoms with E-state index in [1.807, 2.05) is 24.3 Å². The maximum Gasteiger partial charge on any atom is 0.196 e. The third-order valence-corrected chi connectivity index (χ3v) is 11.1. The lowest BCUT2D eigenvalue weighted by Crippen LogP contribution is -2.10. The lowest BCUT2D eigenvalue weighted by Gasteiger charge is -2.26. The Kier molecular flexibility index (Phi) is 7.85. The first kappa shape index (κ1) is 32.8. The van der Waals surface area contributed by atoms with E-state index < -0.39 is 0 Å². The van der Waals surface area contributed by atoms with Crippen LogP contribution in [-0.4, -0.2) is 0 Å². The monoisotopic (exact) mass is 732 g/mol. The fourth-order valence-corrected chi connectivity index (χ4v) is 8.33. The Morgan fingerprint density at radius 3 is 1.70 bits per heavy atom. The summed E-state index contributed by atoms with van der Waals surface area (Å²) in [4.78, 5) is 2.34. The average Bonchev–Trinajstić information content (AvgIpc) is 3.91. The highest BCUT2D eigenvalue weighted by Gasteiger charge is 2.25. The summed E-state index contributed by atoms with van der Waals surface area (Å²) >= 11 is 0. The van der Waals surface area contributed by atoms with Crippen molar-refractivity contribution in [3.05, 3.63) is 212 Å². The van der Waals surface area contributed by atoms with Crippen molar-refractivity contribution in [2.45, 2.75) is 6.23 Å². The van der Waals surface area contributed by atoms with E-state index in [1.54, 1.807) is 0 Å². The van der Waals surface area contributed by atoms with Crippen LogP contribution in [0.2, 0.25) is 0 Å². The van der Waals surface area contributed by atoms with E-state index >= 15 is 0 Å². The lowest BCUT2D eigenvalue weighted by molar-refractivity contribution is 0.260. The van der Waals surface area contributed by atoms with Gasteiger partial charge in [-0.1, -0.05) is 158 Å². The third kappa shape index (κ3) is 5.78. The van der Waals surface area contributed by atoms with Crippen molar-refractivity contribution in [2.24, 2.45) is 0 Å². The Bertz CT molecular complexity index is 2940. The van der Waals surface area contributed by atoms with Gasteiger partial charge in [0.05, 0.1) is 11.4 Å². The molecule has 9 aromatic carbocycles. The second-order valence-electron chi connectivity index (χ2n) is 14.5. The highest BCUT2D eigenvalue weighted by molar-refractivity contribution is 6.26. The number of hydrogen-bond donors (Lipinski definition) is 1. The van der Waals surface area contributed by atoms with Crippen molar-refractivity contribution in [3.8, 4) is 39.1 Å². The first-order chi connectivity index (χ1) is 28.2. The molecule has 0 amide bonds.